The zero-order valence-corrected chi connectivity index (χ0v) is 11.1. The van der Waals surface area contributed by atoms with Crippen LogP contribution in [0.5, 0.6) is 0 Å². The quantitative estimate of drug-likeness (QED) is 0.893. The predicted molar refractivity (Wildman–Crippen MR) is 71.6 cm³/mol. The Morgan fingerprint density at radius 1 is 1.33 bits per heavy atom. The van der Waals surface area contributed by atoms with Crippen molar-refractivity contribution in [3.8, 4) is 0 Å². The molecule has 1 aromatic rings. The average molecular weight is 247 g/mol. The van der Waals surface area contributed by atoms with E-state index < -0.39 is 5.97 Å². The largest absolute Gasteiger partial charge is 0.478 e. The summed E-state index contributed by atoms with van der Waals surface area (Å²) in [5.41, 5.74) is 1.47. The first-order chi connectivity index (χ1) is 8.54. The molecule has 1 heterocycles. The summed E-state index contributed by atoms with van der Waals surface area (Å²) in [6.07, 6.45) is 1.30. The van der Waals surface area contributed by atoms with Gasteiger partial charge in [0.2, 0.25) is 0 Å². The molecule has 0 aromatic heterocycles. The number of nitrogens with zero attached hydrogens (tertiary/aromatic N) is 1. The van der Waals surface area contributed by atoms with Crippen LogP contribution >= 0.6 is 0 Å². The van der Waals surface area contributed by atoms with Gasteiger partial charge in [0, 0.05) is 19.6 Å². The van der Waals surface area contributed by atoms with Crippen molar-refractivity contribution in [2.24, 2.45) is 11.8 Å². The number of likely N-dealkylation sites (tertiary alicyclic amines) is 1. The molecule has 2 atom stereocenters. The number of carboxylic acids is 1. The highest BCUT2D eigenvalue weighted by atomic mass is 16.4. The molecule has 0 saturated carbocycles. The number of carboxylic acid groups (broad SMARTS) is 1. The molecule has 1 aliphatic rings. The first kappa shape index (κ1) is 13.1. The molecule has 0 spiro atoms. The van der Waals surface area contributed by atoms with Gasteiger partial charge in [-0.2, -0.15) is 0 Å². The molecule has 2 rings (SSSR count). The Labute approximate surface area is 108 Å². The minimum absolute atomic E-state index is 0.380. The standard InChI is InChI=1S/C15H21NO2/c1-11-6-12(2)9-16(8-11)10-13-4-3-5-14(7-13)15(17)18/h3-5,7,11-12H,6,8-10H2,1-2H3,(H,17,18)/t11-,12+. The Hall–Kier alpha value is -1.35. The molecule has 1 saturated heterocycles. The van der Waals surface area contributed by atoms with Gasteiger partial charge in [-0.05, 0) is 36.0 Å². The van der Waals surface area contributed by atoms with Crippen LogP contribution in [0, 0.1) is 11.8 Å². The Morgan fingerprint density at radius 2 is 2.00 bits per heavy atom. The topological polar surface area (TPSA) is 40.5 Å². The predicted octanol–water partition coefficient (Wildman–Crippen LogP) is 2.86. The van der Waals surface area contributed by atoms with Crippen LogP contribution in [0.3, 0.4) is 0 Å². The second-order valence-electron chi connectivity index (χ2n) is 5.65. The van der Waals surface area contributed by atoms with E-state index in [-0.39, 0.29) is 0 Å². The highest BCUT2D eigenvalue weighted by Gasteiger charge is 2.21. The maximum atomic E-state index is 10.9. The van der Waals surface area contributed by atoms with E-state index in [1.54, 1.807) is 12.1 Å². The maximum absolute atomic E-state index is 10.9. The smallest absolute Gasteiger partial charge is 0.335 e. The molecule has 1 aromatic carbocycles. The summed E-state index contributed by atoms with van der Waals surface area (Å²) < 4.78 is 0. The summed E-state index contributed by atoms with van der Waals surface area (Å²) in [5, 5.41) is 8.99. The summed E-state index contributed by atoms with van der Waals surface area (Å²) in [4.78, 5) is 13.4. The number of carbonyl (C=O) groups is 1. The summed E-state index contributed by atoms with van der Waals surface area (Å²) in [6.45, 7) is 7.66. The second kappa shape index (κ2) is 5.53. The van der Waals surface area contributed by atoms with Gasteiger partial charge in [0.05, 0.1) is 5.56 Å². The van der Waals surface area contributed by atoms with E-state index in [1.807, 2.05) is 12.1 Å². The van der Waals surface area contributed by atoms with E-state index in [0.717, 1.165) is 37.0 Å². The zero-order valence-electron chi connectivity index (χ0n) is 11.1. The zero-order chi connectivity index (χ0) is 13.1. The monoisotopic (exact) mass is 247 g/mol. The Balaban J connectivity index is 2.04. The van der Waals surface area contributed by atoms with E-state index in [4.69, 9.17) is 5.11 Å². The lowest BCUT2D eigenvalue weighted by Gasteiger charge is -2.35. The van der Waals surface area contributed by atoms with E-state index in [2.05, 4.69) is 18.7 Å². The van der Waals surface area contributed by atoms with Crippen LogP contribution in [-0.2, 0) is 6.54 Å². The molecular weight excluding hydrogens is 226 g/mol. The number of benzene rings is 1. The molecule has 1 fully saturated rings. The van der Waals surface area contributed by atoms with Crippen molar-refractivity contribution in [2.45, 2.75) is 26.8 Å². The molecule has 0 aliphatic carbocycles. The average Bonchev–Trinajstić information content (AvgIpc) is 2.27. The van der Waals surface area contributed by atoms with Crippen molar-refractivity contribution in [2.75, 3.05) is 13.1 Å². The van der Waals surface area contributed by atoms with Gasteiger partial charge < -0.3 is 5.11 Å². The first-order valence-corrected chi connectivity index (χ1v) is 6.59. The van der Waals surface area contributed by atoms with E-state index >= 15 is 0 Å². The number of hydrogen-bond donors (Lipinski definition) is 1. The third-order valence-corrected chi connectivity index (χ3v) is 3.52. The van der Waals surface area contributed by atoms with Gasteiger partial charge in [-0.15, -0.1) is 0 Å². The molecule has 3 heteroatoms. The van der Waals surface area contributed by atoms with Gasteiger partial charge in [0.25, 0.3) is 0 Å². The van der Waals surface area contributed by atoms with Crippen LogP contribution in [0.2, 0.25) is 0 Å². The summed E-state index contributed by atoms with van der Waals surface area (Å²) >= 11 is 0. The molecule has 98 valence electrons. The van der Waals surface area contributed by atoms with Crippen molar-refractivity contribution < 1.29 is 9.90 Å². The summed E-state index contributed by atoms with van der Waals surface area (Å²) in [5.74, 6) is 0.616. The normalized spacial score (nSPS) is 25.0. The Bertz CT molecular complexity index is 420. The molecule has 0 bridgehead atoms. The molecule has 18 heavy (non-hydrogen) atoms. The van der Waals surface area contributed by atoms with Crippen LogP contribution < -0.4 is 0 Å². The molecule has 1 aliphatic heterocycles. The van der Waals surface area contributed by atoms with Crippen molar-refractivity contribution >= 4 is 5.97 Å². The van der Waals surface area contributed by atoms with Gasteiger partial charge in [-0.3, -0.25) is 4.90 Å². The molecular formula is C15H21NO2. The Kier molecular flexibility index (Phi) is 4.02. The Morgan fingerprint density at radius 3 is 2.61 bits per heavy atom. The van der Waals surface area contributed by atoms with Crippen LogP contribution in [0.25, 0.3) is 0 Å². The number of aromatic carboxylic acids is 1. The minimum atomic E-state index is -0.850. The van der Waals surface area contributed by atoms with Crippen LogP contribution in [0.15, 0.2) is 24.3 Å². The first-order valence-electron chi connectivity index (χ1n) is 6.59. The number of piperidine rings is 1. The van der Waals surface area contributed by atoms with Gasteiger partial charge >= 0.3 is 5.97 Å². The third kappa shape index (κ3) is 3.33. The van der Waals surface area contributed by atoms with Crippen molar-refractivity contribution in [1.29, 1.82) is 0 Å². The molecule has 3 nitrogen and oxygen atoms in total. The van der Waals surface area contributed by atoms with Gasteiger partial charge in [-0.1, -0.05) is 26.0 Å². The SMILES string of the molecule is C[C@@H]1C[C@H](C)CN(Cc2cccc(C(=O)O)c2)C1. The van der Waals surface area contributed by atoms with Crippen molar-refractivity contribution in [1.82, 2.24) is 4.90 Å². The van der Waals surface area contributed by atoms with Crippen molar-refractivity contribution in [3.63, 3.8) is 0 Å². The van der Waals surface area contributed by atoms with Crippen LogP contribution in [0.1, 0.15) is 36.2 Å². The highest BCUT2D eigenvalue weighted by molar-refractivity contribution is 5.87. The fourth-order valence-electron chi connectivity index (χ4n) is 2.98. The van der Waals surface area contributed by atoms with Crippen molar-refractivity contribution in [3.05, 3.63) is 35.4 Å². The summed E-state index contributed by atoms with van der Waals surface area (Å²) in [6, 6.07) is 7.27. The van der Waals surface area contributed by atoms with Gasteiger partial charge in [0.1, 0.15) is 0 Å². The molecule has 0 amide bonds. The summed E-state index contributed by atoms with van der Waals surface area (Å²) in [7, 11) is 0. The minimum Gasteiger partial charge on any atom is -0.478 e. The lowest BCUT2D eigenvalue weighted by Crippen LogP contribution is -2.38. The molecule has 1 N–H and O–H groups in total. The van der Waals surface area contributed by atoms with Gasteiger partial charge in [0.15, 0.2) is 0 Å². The highest BCUT2D eigenvalue weighted by Crippen LogP contribution is 2.22. The fourth-order valence-corrected chi connectivity index (χ4v) is 2.98. The van der Waals surface area contributed by atoms with Crippen LogP contribution in [-0.4, -0.2) is 29.1 Å². The third-order valence-electron chi connectivity index (χ3n) is 3.52. The maximum Gasteiger partial charge on any atom is 0.335 e. The lowest BCUT2D eigenvalue weighted by molar-refractivity contribution is 0.0696. The fraction of sp³-hybridized carbons (Fsp3) is 0.533. The second-order valence-corrected chi connectivity index (χ2v) is 5.65. The molecule has 0 unspecified atom stereocenters. The number of rotatable bonds is 3. The van der Waals surface area contributed by atoms with Crippen LogP contribution in [0.4, 0.5) is 0 Å². The van der Waals surface area contributed by atoms with E-state index in [9.17, 15) is 4.79 Å². The molecule has 0 radical (unpaired) electrons. The lowest BCUT2D eigenvalue weighted by atomic mass is 9.91. The van der Waals surface area contributed by atoms with E-state index in [1.165, 1.54) is 6.42 Å². The number of hydrogen-bond acceptors (Lipinski definition) is 2. The van der Waals surface area contributed by atoms with E-state index in [0.29, 0.717) is 5.56 Å². The van der Waals surface area contributed by atoms with Gasteiger partial charge in [-0.25, -0.2) is 4.79 Å².